The largest absolute Gasteiger partial charge is 0.466 e. The van der Waals surface area contributed by atoms with E-state index in [-0.39, 0.29) is 18.0 Å². The average Bonchev–Trinajstić information content (AvgIpc) is 3.02. The number of carbonyl (C=O) groups is 2. The lowest BCUT2D eigenvalue weighted by atomic mass is 10.0. The third-order valence-corrected chi connectivity index (χ3v) is 8.07. The van der Waals surface area contributed by atoms with Crippen LogP contribution in [0.5, 0.6) is 0 Å². The van der Waals surface area contributed by atoms with Crippen LogP contribution in [0.15, 0.2) is 43.0 Å². The summed E-state index contributed by atoms with van der Waals surface area (Å²) in [6, 6.07) is 10.3. The molecule has 0 aliphatic carbocycles. The molecule has 246 valence electrons. The Labute approximate surface area is 265 Å². The van der Waals surface area contributed by atoms with Gasteiger partial charge in [0.1, 0.15) is 0 Å². The molecule has 0 radical (unpaired) electrons. The van der Waals surface area contributed by atoms with Gasteiger partial charge in [-0.15, -0.1) is 6.58 Å². The van der Waals surface area contributed by atoms with Gasteiger partial charge in [0.05, 0.1) is 25.7 Å². The first-order valence-electron chi connectivity index (χ1n) is 17.8. The normalized spacial score (nSPS) is 11.7. The molecule has 1 atom stereocenters. The third kappa shape index (κ3) is 26.0. The summed E-state index contributed by atoms with van der Waals surface area (Å²) in [7, 11) is 0. The molecule has 1 rings (SSSR count). The zero-order chi connectivity index (χ0) is 31.1. The molecule has 1 aromatic rings. The van der Waals surface area contributed by atoms with Crippen LogP contribution in [-0.4, -0.2) is 31.1 Å². The van der Waals surface area contributed by atoms with Gasteiger partial charge in [-0.1, -0.05) is 140 Å². The van der Waals surface area contributed by atoms with E-state index >= 15 is 0 Å². The first-order chi connectivity index (χ1) is 21.2. The Hall–Kier alpha value is -2.14. The van der Waals surface area contributed by atoms with E-state index < -0.39 is 0 Å². The van der Waals surface area contributed by atoms with E-state index in [2.05, 4.69) is 31.0 Å². The van der Waals surface area contributed by atoms with Gasteiger partial charge in [-0.05, 0) is 44.1 Å². The van der Waals surface area contributed by atoms with Crippen LogP contribution in [0, 0.1) is 0 Å². The van der Waals surface area contributed by atoms with E-state index in [4.69, 9.17) is 9.47 Å². The molecule has 5 nitrogen and oxygen atoms in total. The predicted molar refractivity (Wildman–Crippen MR) is 181 cm³/mol. The lowest BCUT2D eigenvalue weighted by molar-refractivity contribution is -0.143. The van der Waals surface area contributed by atoms with Crippen LogP contribution in [0.4, 0.5) is 0 Å². The summed E-state index contributed by atoms with van der Waals surface area (Å²) in [4.78, 5) is 24.3. The van der Waals surface area contributed by atoms with Crippen LogP contribution in [0.2, 0.25) is 0 Å². The van der Waals surface area contributed by atoms with Crippen LogP contribution in [-0.2, 0) is 25.7 Å². The van der Waals surface area contributed by atoms with Gasteiger partial charge < -0.3 is 14.8 Å². The third-order valence-electron chi connectivity index (χ3n) is 8.07. The standard InChI is InChI=1S/C38H65NO4/c1-3-5-7-9-10-11-14-17-23-29-36(43-34-35-27-21-20-22-28-35)33-37(40)39-31-25-18-15-12-13-16-19-26-32-42-38(41)30-24-8-6-4-2/h4,20-22,27-28,36H,2-3,5-19,23-26,29-34H2,1H3,(H,39,40)/t36-/m1/s1. The zero-order valence-electron chi connectivity index (χ0n) is 27.8. The first-order valence-corrected chi connectivity index (χ1v) is 17.8. The summed E-state index contributed by atoms with van der Waals surface area (Å²) < 4.78 is 11.5. The van der Waals surface area contributed by atoms with E-state index in [1.165, 1.54) is 77.0 Å². The monoisotopic (exact) mass is 599 g/mol. The quantitative estimate of drug-likeness (QED) is 0.0524. The number of unbranched alkanes of at least 4 members (excludes halogenated alkanes) is 17. The fraction of sp³-hybridized carbons (Fsp3) is 0.737. The van der Waals surface area contributed by atoms with Gasteiger partial charge in [0.25, 0.3) is 0 Å². The minimum Gasteiger partial charge on any atom is -0.466 e. The minimum absolute atomic E-state index is 0.0179. The molecule has 43 heavy (non-hydrogen) atoms. The van der Waals surface area contributed by atoms with E-state index in [0.717, 1.165) is 69.9 Å². The van der Waals surface area contributed by atoms with Crippen molar-refractivity contribution >= 4 is 11.9 Å². The van der Waals surface area contributed by atoms with E-state index in [9.17, 15) is 9.59 Å². The topological polar surface area (TPSA) is 64.6 Å². The highest BCUT2D eigenvalue weighted by molar-refractivity contribution is 5.76. The van der Waals surface area contributed by atoms with Crippen LogP contribution >= 0.6 is 0 Å². The summed E-state index contributed by atoms with van der Waals surface area (Å²) in [5.41, 5.74) is 1.16. The predicted octanol–water partition coefficient (Wildman–Crippen LogP) is 10.4. The fourth-order valence-corrected chi connectivity index (χ4v) is 5.33. The second-order valence-corrected chi connectivity index (χ2v) is 12.2. The number of amides is 1. The lowest BCUT2D eigenvalue weighted by Crippen LogP contribution is -2.29. The molecule has 0 aliphatic heterocycles. The molecule has 0 fully saturated rings. The van der Waals surface area contributed by atoms with Crippen LogP contribution in [0.25, 0.3) is 0 Å². The molecule has 0 heterocycles. The van der Waals surface area contributed by atoms with E-state index in [1.54, 1.807) is 0 Å². The zero-order valence-corrected chi connectivity index (χ0v) is 27.8. The minimum atomic E-state index is -0.0646. The fourth-order valence-electron chi connectivity index (χ4n) is 5.33. The number of esters is 1. The van der Waals surface area contributed by atoms with Crippen LogP contribution < -0.4 is 5.32 Å². The van der Waals surface area contributed by atoms with E-state index in [0.29, 0.717) is 26.1 Å². The number of carbonyl (C=O) groups excluding carboxylic acids is 2. The van der Waals surface area contributed by atoms with Gasteiger partial charge in [0.2, 0.25) is 5.91 Å². The molecule has 1 amide bonds. The van der Waals surface area contributed by atoms with Gasteiger partial charge in [0.15, 0.2) is 0 Å². The number of rotatable bonds is 31. The number of hydrogen-bond donors (Lipinski definition) is 1. The van der Waals surface area contributed by atoms with E-state index in [1.807, 2.05) is 24.3 Å². The van der Waals surface area contributed by atoms with Crippen LogP contribution in [0.1, 0.15) is 160 Å². The SMILES string of the molecule is C=CCCCCC(=O)OCCCCCCCCCCNC(=O)C[C@@H](CCCCCCCCCCC)OCc1ccccc1. The van der Waals surface area contributed by atoms with Gasteiger partial charge in [-0.2, -0.15) is 0 Å². The maximum Gasteiger partial charge on any atom is 0.305 e. The molecule has 0 unspecified atom stereocenters. The van der Waals surface area contributed by atoms with Crippen molar-refractivity contribution in [3.8, 4) is 0 Å². The summed E-state index contributed by atoms with van der Waals surface area (Å²) in [6.07, 6.45) is 27.5. The summed E-state index contributed by atoms with van der Waals surface area (Å²) in [6.45, 7) is 7.84. The van der Waals surface area contributed by atoms with Gasteiger partial charge in [-0.25, -0.2) is 0 Å². The molecular formula is C38H65NO4. The van der Waals surface area contributed by atoms with Crippen molar-refractivity contribution in [3.05, 3.63) is 48.6 Å². The van der Waals surface area contributed by atoms with Crippen LogP contribution in [0.3, 0.4) is 0 Å². The van der Waals surface area contributed by atoms with Crippen molar-refractivity contribution in [1.29, 1.82) is 0 Å². The Morgan fingerprint density at radius 1 is 0.767 bits per heavy atom. The summed E-state index contributed by atoms with van der Waals surface area (Å²) >= 11 is 0. The Balaban J connectivity index is 2.08. The highest BCUT2D eigenvalue weighted by Crippen LogP contribution is 2.16. The van der Waals surface area contributed by atoms with Gasteiger partial charge in [-0.3, -0.25) is 9.59 Å². The Bertz CT molecular complexity index is 781. The van der Waals surface area contributed by atoms with Gasteiger partial charge in [0, 0.05) is 13.0 Å². The Kier molecular flexibility index (Phi) is 27.0. The van der Waals surface area contributed by atoms with Crippen molar-refractivity contribution in [2.45, 2.75) is 167 Å². The lowest BCUT2D eigenvalue weighted by Gasteiger charge is -2.18. The molecule has 0 aromatic heterocycles. The molecule has 1 aromatic carbocycles. The number of hydrogen-bond acceptors (Lipinski definition) is 4. The molecule has 5 heteroatoms. The maximum atomic E-state index is 12.7. The van der Waals surface area contributed by atoms with Crippen molar-refractivity contribution < 1.29 is 19.1 Å². The number of allylic oxidation sites excluding steroid dienone is 1. The second kappa shape index (κ2) is 29.9. The maximum absolute atomic E-state index is 12.7. The number of benzene rings is 1. The number of nitrogens with one attached hydrogen (secondary N) is 1. The smallest absolute Gasteiger partial charge is 0.305 e. The number of ether oxygens (including phenoxy) is 2. The average molecular weight is 600 g/mol. The van der Waals surface area contributed by atoms with Crippen molar-refractivity contribution in [2.24, 2.45) is 0 Å². The van der Waals surface area contributed by atoms with Crippen molar-refractivity contribution in [3.63, 3.8) is 0 Å². The summed E-state index contributed by atoms with van der Waals surface area (Å²) in [5.74, 6) is 0.0524. The highest BCUT2D eigenvalue weighted by atomic mass is 16.5. The molecular weight excluding hydrogens is 534 g/mol. The Morgan fingerprint density at radius 3 is 2.02 bits per heavy atom. The second-order valence-electron chi connectivity index (χ2n) is 12.2. The molecule has 0 saturated heterocycles. The van der Waals surface area contributed by atoms with Crippen molar-refractivity contribution in [1.82, 2.24) is 5.32 Å². The molecule has 1 N–H and O–H groups in total. The highest BCUT2D eigenvalue weighted by Gasteiger charge is 2.14. The molecule has 0 saturated carbocycles. The first kappa shape index (κ1) is 38.9. The summed E-state index contributed by atoms with van der Waals surface area (Å²) in [5, 5.41) is 3.13. The Morgan fingerprint density at radius 2 is 1.37 bits per heavy atom. The molecule has 0 bridgehead atoms. The molecule has 0 spiro atoms. The van der Waals surface area contributed by atoms with Crippen molar-refractivity contribution in [2.75, 3.05) is 13.2 Å². The molecule has 0 aliphatic rings. The van der Waals surface area contributed by atoms with Gasteiger partial charge >= 0.3 is 5.97 Å².